The molecule has 0 aliphatic rings. The van der Waals surface area contributed by atoms with Crippen molar-refractivity contribution in [3.63, 3.8) is 0 Å². The molecule has 1 N–H and O–H groups in total. The van der Waals surface area contributed by atoms with Gasteiger partial charge in [0.05, 0.1) is 16.2 Å². The molecule has 0 saturated carbocycles. The van der Waals surface area contributed by atoms with Crippen LogP contribution in [0.4, 0.5) is 0 Å². The molecule has 154 valence electrons. The first-order valence-corrected chi connectivity index (χ1v) is 11.5. The Morgan fingerprint density at radius 3 is 2.70 bits per heavy atom. The largest absolute Gasteiger partial charge is 0.459 e. The van der Waals surface area contributed by atoms with Crippen LogP contribution < -0.4 is 4.72 Å². The van der Waals surface area contributed by atoms with Gasteiger partial charge in [0.15, 0.2) is 5.76 Å². The van der Waals surface area contributed by atoms with Gasteiger partial charge in [-0.15, -0.1) is 11.3 Å². The van der Waals surface area contributed by atoms with Crippen LogP contribution in [-0.2, 0) is 26.2 Å². The number of rotatable bonds is 8. The number of aromatic nitrogens is 1. The third-order valence-corrected chi connectivity index (χ3v) is 6.70. The van der Waals surface area contributed by atoms with Gasteiger partial charge in [0, 0.05) is 12.6 Å². The van der Waals surface area contributed by atoms with E-state index in [1.807, 2.05) is 41.8 Å². The van der Waals surface area contributed by atoms with Gasteiger partial charge in [-0.1, -0.05) is 41.6 Å². The Morgan fingerprint density at radius 2 is 1.90 bits per heavy atom. The number of carbonyl (C=O) groups is 1. The minimum Gasteiger partial charge on any atom is -0.459 e. The number of hydrogen-bond acceptors (Lipinski definition) is 7. The maximum absolute atomic E-state index is 12.5. The van der Waals surface area contributed by atoms with Gasteiger partial charge in [0.1, 0.15) is 12.3 Å². The molecule has 0 fully saturated rings. The number of fused-ring (bicyclic) bond motifs is 1. The van der Waals surface area contributed by atoms with Crippen LogP contribution in [0.5, 0.6) is 0 Å². The monoisotopic (exact) mass is 442 g/mol. The minimum atomic E-state index is -3.72. The molecule has 2 aromatic heterocycles. The normalized spacial score (nSPS) is 11.6. The maximum atomic E-state index is 12.5. The third kappa shape index (κ3) is 4.76. The van der Waals surface area contributed by atoms with Crippen molar-refractivity contribution in [2.75, 3.05) is 6.54 Å². The van der Waals surface area contributed by atoms with Gasteiger partial charge in [0.25, 0.3) is 0 Å². The maximum Gasteiger partial charge on any atom is 0.307 e. The topological polar surface area (TPSA) is 98.5 Å². The Balaban J connectivity index is 1.27. The van der Waals surface area contributed by atoms with E-state index in [9.17, 15) is 13.2 Å². The molecule has 9 heteroatoms. The lowest BCUT2D eigenvalue weighted by atomic mass is 10.1. The standard InChI is InChI=1S/C21H18N2O5S2/c24-21(27-14-17-13-19(28-23-17)20-6-3-11-29-20)9-10-22-30(25,26)18-8-7-15-4-1-2-5-16(15)12-18/h1-8,11-13,22H,9-10,14H2. The molecule has 30 heavy (non-hydrogen) atoms. The summed E-state index contributed by atoms with van der Waals surface area (Å²) < 4.78 is 37.7. The number of nitrogens with one attached hydrogen (secondary N) is 1. The SMILES string of the molecule is O=C(CCNS(=O)(=O)c1ccc2ccccc2c1)OCc1cc(-c2cccs2)on1. The van der Waals surface area contributed by atoms with Gasteiger partial charge in [-0.05, 0) is 34.4 Å². The zero-order valence-electron chi connectivity index (χ0n) is 15.8. The second-order valence-corrected chi connectivity index (χ2v) is 9.19. The highest BCUT2D eigenvalue weighted by Crippen LogP contribution is 2.25. The van der Waals surface area contributed by atoms with Crippen LogP contribution in [0.1, 0.15) is 12.1 Å². The summed E-state index contributed by atoms with van der Waals surface area (Å²) in [6.45, 7) is -0.0988. The summed E-state index contributed by atoms with van der Waals surface area (Å²) in [5.41, 5.74) is 0.489. The second-order valence-electron chi connectivity index (χ2n) is 6.48. The van der Waals surface area contributed by atoms with Crippen molar-refractivity contribution in [2.24, 2.45) is 0 Å². The van der Waals surface area contributed by atoms with Crippen LogP contribution in [0.15, 0.2) is 75.5 Å². The Labute approximate surface area is 177 Å². The smallest absolute Gasteiger partial charge is 0.307 e. The number of esters is 1. The summed E-state index contributed by atoms with van der Waals surface area (Å²) in [7, 11) is -3.72. The fraction of sp³-hybridized carbons (Fsp3) is 0.143. The number of nitrogens with zero attached hydrogens (tertiary/aromatic N) is 1. The molecule has 0 unspecified atom stereocenters. The van der Waals surface area contributed by atoms with Gasteiger partial charge < -0.3 is 9.26 Å². The first kappa shape index (κ1) is 20.3. The summed E-state index contributed by atoms with van der Waals surface area (Å²) in [5, 5.41) is 7.58. The second kappa shape index (κ2) is 8.78. The van der Waals surface area contributed by atoms with Gasteiger partial charge in [0.2, 0.25) is 10.0 Å². The number of sulfonamides is 1. The first-order valence-electron chi connectivity index (χ1n) is 9.15. The Hall–Kier alpha value is -3.01. The van der Waals surface area contributed by atoms with Crippen LogP contribution in [0.3, 0.4) is 0 Å². The van der Waals surface area contributed by atoms with Crippen molar-refractivity contribution in [1.82, 2.24) is 9.88 Å². The molecule has 0 radical (unpaired) electrons. The van der Waals surface area contributed by atoms with E-state index in [-0.39, 0.29) is 24.5 Å². The molecule has 0 aliphatic heterocycles. The van der Waals surface area contributed by atoms with E-state index < -0.39 is 16.0 Å². The predicted octanol–water partition coefficient (Wildman–Crippen LogP) is 3.97. The Kier molecular flexibility index (Phi) is 5.93. The average Bonchev–Trinajstić information content (AvgIpc) is 3.43. The first-order chi connectivity index (χ1) is 14.5. The van der Waals surface area contributed by atoms with E-state index in [0.29, 0.717) is 11.5 Å². The Morgan fingerprint density at radius 1 is 1.07 bits per heavy atom. The van der Waals surface area contributed by atoms with Crippen LogP contribution in [0, 0.1) is 0 Å². The van der Waals surface area contributed by atoms with Crippen molar-refractivity contribution in [3.8, 4) is 10.6 Å². The fourth-order valence-electron chi connectivity index (χ4n) is 2.85. The minimum absolute atomic E-state index is 0.0366. The van der Waals surface area contributed by atoms with Crippen molar-refractivity contribution in [3.05, 3.63) is 71.7 Å². The van der Waals surface area contributed by atoms with Crippen LogP contribution in [-0.4, -0.2) is 26.1 Å². The third-order valence-electron chi connectivity index (χ3n) is 4.36. The van der Waals surface area contributed by atoms with Crippen molar-refractivity contribution >= 4 is 38.1 Å². The van der Waals surface area contributed by atoms with Crippen molar-refractivity contribution in [2.45, 2.75) is 17.9 Å². The predicted molar refractivity (Wildman–Crippen MR) is 113 cm³/mol. The van der Waals surface area contributed by atoms with Gasteiger partial charge >= 0.3 is 5.97 Å². The van der Waals surface area contributed by atoms with Crippen molar-refractivity contribution in [1.29, 1.82) is 0 Å². The highest BCUT2D eigenvalue weighted by atomic mass is 32.2. The molecule has 0 aliphatic carbocycles. The molecule has 4 rings (SSSR count). The molecular formula is C21H18N2O5S2. The number of carbonyl (C=O) groups excluding carboxylic acids is 1. The molecule has 0 amide bonds. The van der Waals surface area contributed by atoms with Crippen molar-refractivity contribution < 1.29 is 22.5 Å². The quantitative estimate of drug-likeness (QED) is 0.415. The van der Waals surface area contributed by atoms with Gasteiger partial charge in [-0.25, -0.2) is 13.1 Å². The molecule has 2 heterocycles. The highest BCUT2D eigenvalue weighted by Gasteiger charge is 2.15. The molecule has 4 aromatic rings. The fourth-order valence-corrected chi connectivity index (χ4v) is 4.59. The summed E-state index contributed by atoms with van der Waals surface area (Å²) in [6, 6.07) is 17.9. The van der Waals surface area contributed by atoms with Crippen LogP contribution in [0.2, 0.25) is 0 Å². The highest BCUT2D eigenvalue weighted by molar-refractivity contribution is 7.89. The molecule has 0 atom stereocenters. The zero-order valence-corrected chi connectivity index (χ0v) is 17.4. The van der Waals surface area contributed by atoms with E-state index in [4.69, 9.17) is 9.26 Å². The molecule has 7 nitrogen and oxygen atoms in total. The van der Waals surface area contributed by atoms with Gasteiger partial charge in [-0.2, -0.15) is 0 Å². The Bertz CT molecular complexity index is 1260. The average molecular weight is 443 g/mol. The lowest BCUT2D eigenvalue weighted by Gasteiger charge is -2.08. The van der Waals surface area contributed by atoms with E-state index in [0.717, 1.165) is 15.6 Å². The number of hydrogen-bond donors (Lipinski definition) is 1. The molecular weight excluding hydrogens is 424 g/mol. The number of ether oxygens (including phenoxy) is 1. The van der Waals surface area contributed by atoms with E-state index in [1.54, 1.807) is 24.3 Å². The van der Waals surface area contributed by atoms with Crippen LogP contribution in [0.25, 0.3) is 21.4 Å². The van der Waals surface area contributed by atoms with E-state index in [2.05, 4.69) is 9.88 Å². The summed E-state index contributed by atoms with van der Waals surface area (Å²) in [6.07, 6.45) is -0.0948. The summed E-state index contributed by atoms with van der Waals surface area (Å²) >= 11 is 1.52. The van der Waals surface area contributed by atoms with E-state index >= 15 is 0 Å². The molecule has 2 aromatic carbocycles. The lowest BCUT2D eigenvalue weighted by molar-refractivity contribution is -0.144. The van der Waals surface area contributed by atoms with Crippen LogP contribution >= 0.6 is 11.3 Å². The number of benzene rings is 2. The zero-order chi connectivity index (χ0) is 21.0. The molecule has 0 spiro atoms. The molecule has 0 saturated heterocycles. The summed E-state index contributed by atoms with van der Waals surface area (Å²) in [4.78, 5) is 13.0. The van der Waals surface area contributed by atoms with Gasteiger partial charge in [-0.3, -0.25) is 4.79 Å². The lowest BCUT2D eigenvalue weighted by Crippen LogP contribution is -2.26. The molecule has 0 bridgehead atoms. The number of thiophene rings is 1. The van der Waals surface area contributed by atoms with E-state index in [1.165, 1.54) is 11.3 Å². The summed E-state index contributed by atoms with van der Waals surface area (Å²) in [5.74, 6) is 0.0797.